The van der Waals surface area contributed by atoms with Crippen LogP contribution in [0.25, 0.3) is 16.9 Å². The first-order chi connectivity index (χ1) is 13.0. The van der Waals surface area contributed by atoms with Crippen molar-refractivity contribution in [1.29, 1.82) is 0 Å². The Kier molecular flexibility index (Phi) is 4.20. The average Bonchev–Trinajstić information content (AvgIpc) is 3.03. The van der Waals surface area contributed by atoms with Crippen LogP contribution in [0, 0.1) is 20.8 Å². The molecule has 0 spiro atoms. The SMILES string of the molecule is Cc1ccc(-c2nc3ccc(C)cn3c2C(=O)Nc2ncccc2C)cc1. The van der Waals surface area contributed by atoms with Gasteiger partial charge in [-0.25, -0.2) is 9.97 Å². The van der Waals surface area contributed by atoms with Gasteiger partial charge in [0.2, 0.25) is 0 Å². The first kappa shape index (κ1) is 17.0. The molecule has 3 heterocycles. The largest absolute Gasteiger partial charge is 0.305 e. The maximum absolute atomic E-state index is 13.2. The molecule has 1 N–H and O–H groups in total. The lowest BCUT2D eigenvalue weighted by molar-refractivity contribution is 0.102. The maximum Gasteiger partial charge on any atom is 0.276 e. The molecule has 0 atom stereocenters. The number of anilines is 1. The van der Waals surface area contributed by atoms with E-state index >= 15 is 0 Å². The highest BCUT2D eigenvalue weighted by Gasteiger charge is 2.21. The predicted octanol–water partition coefficient (Wildman–Crippen LogP) is 4.57. The first-order valence-corrected chi connectivity index (χ1v) is 8.81. The van der Waals surface area contributed by atoms with Gasteiger partial charge in [-0.1, -0.05) is 42.0 Å². The second kappa shape index (κ2) is 6.68. The van der Waals surface area contributed by atoms with Crippen molar-refractivity contribution >= 4 is 17.4 Å². The van der Waals surface area contributed by atoms with E-state index in [0.29, 0.717) is 17.2 Å². The molecule has 0 saturated carbocycles. The molecule has 0 radical (unpaired) electrons. The molecule has 0 aliphatic heterocycles. The summed E-state index contributed by atoms with van der Waals surface area (Å²) in [7, 11) is 0. The van der Waals surface area contributed by atoms with Gasteiger partial charge in [0.25, 0.3) is 5.91 Å². The molecule has 1 amide bonds. The fourth-order valence-electron chi connectivity index (χ4n) is 3.06. The zero-order valence-corrected chi connectivity index (χ0v) is 15.5. The summed E-state index contributed by atoms with van der Waals surface area (Å²) in [6.07, 6.45) is 3.60. The Bertz CT molecular complexity index is 1140. The van der Waals surface area contributed by atoms with Gasteiger partial charge in [0, 0.05) is 18.0 Å². The van der Waals surface area contributed by atoms with Crippen LogP contribution in [-0.2, 0) is 0 Å². The van der Waals surface area contributed by atoms with Crippen molar-refractivity contribution in [2.75, 3.05) is 5.32 Å². The quantitative estimate of drug-likeness (QED) is 0.585. The van der Waals surface area contributed by atoms with Crippen molar-refractivity contribution in [3.8, 4) is 11.3 Å². The minimum absolute atomic E-state index is 0.231. The zero-order chi connectivity index (χ0) is 19.0. The van der Waals surface area contributed by atoms with E-state index in [1.165, 1.54) is 0 Å². The summed E-state index contributed by atoms with van der Waals surface area (Å²) in [5, 5.41) is 2.93. The molecule has 0 saturated heterocycles. The van der Waals surface area contributed by atoms with Gasteiger partial charge in [-0.05, 0) is 44.0 Å². The molecule has 1 aromatic carbocycles. The van der Waals surface area contributed by atoms with Crippen molar-refractivity contribution < 1.29 is 4.79 Å². The summed E-state index contributed by atoms with van der Waals surface area (Å²) in [5.41, 5.74) is 5.93. The lowest BCUT2D eigenvalue weighted by atomic mass is 10.1. The van der Waals surface area contributed by atoms with Crippen LogP contribution in [0.2, 0.25) is 0 Å². The normalized spacial score (nSPS) is 10.9. The van der Waals surface area contributed by atoms with Gasteiger partial charge in [0.05, 0.1) is 0 Å². The van der Waals surface area contributed by atoms with Gasteiger partial charge in [0.1, 0.15) is 22.9 Å². The van der Waals surface area contributed by atoms with Crippen LogP contribution >= 0.6 is 0 Å². The predicted molar refractivity (Wildman–Crippen MR) is 107 cm³/mol. The monoisotopic (exact) mass is 356 g/mol. The standard InChI is InChI=1S/C22H20N4O/c1-14-6-9-17(10-7-14)19-20(26-13-15(2)8-11-18(26)24-19)22(27)25-21-16(3)5-4-12-23-21/h4-13H,1-3H3,(H,23,25,27). The number of carbonyl (C=O) groups is 1. The lowest BCUT2D eigenvalue weighted by Crippen LogP contribution is -2.17. The number of hydrogen-bond donors (Lipinski definition) is 1. The van der Waals surface area contributed by atoms with Crippen LogP contribution in [-0.4, -0.2) is 20.3 Å². The molecular formula is C22H20N4O. The average molecular weight is 356 g/mol. The Morgan fingerprint density at radius 3 is 2.44 bits per heavy atom. The van der Waals surface area contributed by atoms with E-state index in [1.807, 2.05) is 79.9 Å². The van der Waals surface area contributed by atoms with Crippen LogP contribution < -0.4 is 5.32 Å². The number of aryl methyl sites for hydroxylation is 3. The van der Waals surface area contributed by atoms with Crippen molar-refractivity contribution in [2.45, 2.75) is 20.8 Å². The second-order valence-electron chi connectivity index (χ2n) is 6.73. The van der Waals surface area contributed by atoms with Gasteiger partial charge in [0.15, 0.2) is 0 Å². The molecule has 27 heavy (non-hydrogen) atoms. The Balaban J connectivity index is 1.87. The number of hydrogen-bond acceptors (Lipinski definition) is 3. The highest BCUT2D eigenvalue weighted by atomic mass is 16.2. The third-order valence-electron chi connectivity index (χ3n) is 4.55. The van der Waals surface area contributed by atoms with E-state index in [-0.39, 0.29) is 5.91 Å². The third kappa shape index (κ3) is 3.19. The second-order valence-corrected chi connectivity index (χ2v) is 6.73. The maximum atomic E-state index is 13.2. The fourth-order valence-corrected chi connectivity index (χ4v) is 3.06. The van der Waals surface area contributed by atoms with Gasteiger partial charge in [-0.3, -0.25) is 9.20 Å². The molecule has 0 fully saturated rings. The number of nitrogens with one attached hydrogen (secondary N) is 1. The molecule has 3 aromatic heterocycles. The van der Waals surface area contributed by atoms with Crippen LogP contribution in [0.4, 0.5) is 5.82 Å². The Morgan fingerprint density at radius 2 is 1.70 bits per heavy atom. The van der Waals surface area contributed by atoms with E-state index in [1.54, 1.807) is 6.20 Å². The molecule has 134 valence electrons. The van der Waals surface area contributed by atoms with E-state index in [2.05, 4.69) is 10.3 Å². The van der Waals surface area contributed by atoms with Gasteiger partial charge >= 0.3 is 0 Å². The number of amides is 1. The fraction of sp³-hybridized carbons (Fsp3) is 0.136. The Labute approximate surface area is 157 Å². The van der Waals surface area contributed by atoms with Crippen molar-refractivity contribution in [3.05, 3.63) is 83.3 Å². The molecule has 4 aromatic rings. The zero-order valence-electron chi connectivity index (χ0n) is 15.5. The molecule has 0 unspecified atom stereocenters. The molecule has 5 heteroatoms. The molecule has 0 bridgehead atoms. The van der Waals surface area contributed by atoms with Crippen LogP contribution in [0.15, 0.2) is 60.9 Å². The smallest absolute Gasteiger partial charge is 0.276 e. The van der Waals surface area contributed by atoms with Gasteiger partial charge in [-0.15, -0.1) is 0 Å². The number of rotatable bonds is 3. The molecule has 0 aliphatic rings. The molecular weight excluding hydrogens is 336 g/mol. The molecule has 0 aliphatic carbocycles. The number of imidazole rings is 1. The van der Waals surface area contributed by atoms with Crippen molar-refractivity contribution in [3.63, 3.8) is 0 Å². The number of aromatic nitrogens is 3. The highest BCUT2D eigenvalue weighted by Crippen LogP contribution is 2.26. The van der Waals surface area contributed by atoms with E-state index in [0.717, 1.165) is 27.9 Å². The van der Waals surface area contributed by atoms with Gasteiger partial charge < -0.3 is 5.32 Å². The Morgan fingerprint density at radius 1 is 0.963 bits per heavy atom. The number of pyridine rings is 2. The number of benzene rings is 1. The first-order valence-electron chi connectivity index (χ1n) is 8.81. The lowest BCUT2D eigenvalue weighted by Gasteiger charge is -2.09. The van der Waals surface area contributed by atoms with Gasteiger partial charge in [-0.2, -0.15) is 0 Å². The molecule has 4 rings (SSSR count). The summed E-state index contributed by atoms with van der Waals surface area (Å²) in [6, 6.07) is 15.7. The van der Waals surface area contributed by atoms with Crippen LogP contribution in [0.5, 0.6) is 0 Å². The minimum atomic E-state index is -0.231. The summed E-state index contributed by atoms with van der Waals surface area (Å²) in [6.45, 7) is 5.95. The van der Waals surface area contributed by atoms with E-state index in [4.69, 9.17) is 4.98 Å². The Hall–Kier alpha value is -3.47. The van der Waals surface area contributed by atoms with E-state index in [9.17, 15) is 4.79 Å². The minimum Gasteiger partial charge on any atom is -0.305 e. The van der Waals surface area contributed by atoms with Crippen LogP contribution in [0.3, 0.4) is 0 Å². The van der Waals surface area contributed by atoms with Crippen LogP contribution in [0.1, 0.15) is 27.2 Å². The molecule has 5 nitrogen and oxygen atoms in total. The summed E-state index contributed by atoms with van der Waals surface area (Å²) in [4.78, 5) is 22.2. The van der Waals surface area contributed by atoms with Crippen molar-refractivity contribution in [2.24, 2.45) is 0 Å². The number of carbonyl (C=O) groups excluding carboxylic acids is 1. The summed E-state index contributed by atoms with van der Waals surface area (Å²) < 4.78 is 1.85. The summed E-state index contributed by atoms with van der Waals surface area (Å²) in [5.74, 6) is 0.324. The number of nitrogens with zero attached hydrogens (tertiary/aromatic N) is 3. The van der Waals surface area contributed by atoms with Crippen molar-refractivity contribution in [1.82, 2.24) is 14.4 Å². The topological polar surface area (TPSA) is 59.3 Å². The number of fused-ring (bicyclic) bond motifs is 1. The third-order valence-corrected chi connectivity index (χ3v) is 4.55. The highest BCUT2D eigenvalue weighted by molar-refractivity contribution is 6.07. The summed E-state index contributed by atoms with van der Waals surface area (Å²) >= 11 is 0. The van der Waals surface area contributed by atoms with E-state index < -0.39 is 0 Å².